The molecule has 2 heterocycles. The maximum atomic E-state index is 12.7. The molecule has 0 amide bonds. The van der Waals surface area contributed by atoms with Gasteiger partial charge in [-0.1, -0.05) is 22.9 Å². The predicted octanol–water partition coefficient (Wildman–Crippen LogP) is 4.44. The highest BCUT2D eigenvalue weighted by Crippen LogP contribution is 2.33. The highest BCUT2D eigenvalue weighted by atomic mass is 32.2. The summed E-state index contributed by atoms with van der Waals surface area (Å²) in [6, 6.07) is 9.01. The number of hydrogen-bond acceptors (Lipinski definition) is 5. The second-order valence-electron chi connectivity index (χ2n) is 5.83. The lowest BCUT2D eigenvalue weighted by molar-refractivity contribution is 0.428. The molecule has 0 fully saturated rings. The first-order chi connectivity index (χ1) is 11.3. The third-order valence-electron chi connectivity index (χ3n) is 3.63. The van der Waals surface area contributed by atoms with Crippen molar-refractivity contribution in [3.05, 3.63) is 52.7 Å². The van der Waals surface area contributed by atoms with Crippen LogP contribution in [0.2, 0.25) is 0 Å². The number of hydrogen-bond donors (Lipinski definition) is 1. The summed E-state index contributed by atoms with van der Waals surface area (Å²) in [7, 11) is -3.65. The van der Waals surface area contributed by atoms with E-state index in [-0.39, 0.29) is 4.21 Å². The fraction of sp³-hybridized carbons (Fsp3) is 0.235. The Kier molecular flexibility index (Phi) is 4.23. The van der Waals surface area contributed by atoms with Crippen LogP contribution in [0.4, 0.5) is 5.69 Å². The van der Waals surface area contributed by atoms with Crippen LogP contribution in [0.25, 0.3) is 10.6 Å². The van der Waals surface area contributed by atoms with Gasteiger partial charge >= 0.3 is 0 Å². The minimum atomic E-state index is -3.65. The van der Waals surface area contributed by atoms with E-state index >= 15 is 0 Å². The largest absolute Gasteiger partial charge is 0.355 e. The smallest absolute Gasteiger partial charge is 0.271 e. The molecule has 5 nitrogen and oxygen atoms in total. The molecule has 0 saturated heterocycles. The molecule has 3 rings (SSSR count). The van der Waals surface area contributed by atoms with Gasteiger partial charge in [-0.2, -0.15) is 0 Å². The zero-order valence-corrected chi connectivity index (χ0v) is 15.5. The van der Waals surface area contributed by atoms with Crippen LogP contribution < -0.4 is 4.72 Å². The van der Waals surface area contributed by atoms with Crippen LogP contribution in [0.1, 0.15) is 22.4 Å². The molecule has 0 aliphatic rings. The Labute approximate surface area is 145 Å². The quantitative estimate of drug-likeness (QED) is 0.745. The Morgan fingerprint density at radius 1 is 1.04 bits per heavy atom. The van der Waals surface area contributed by atoms with E-state index in [1.54, 1.807) is 18.2 Å². The molecule has 0 bridgehead atoms. The first kappa shape index (κ1) is 16.7. The summed E-state index contributed by atoms with van der Waals surface area (Å²) in [6.07, 6.45) is 0. The average molecular weight is 362 g/mol. The van der Waals surface area contributed by atoms with Crippen molar-refractivity contribution in [2.24, 2.45) is 0 Å². The standard InChI is InChI=1S/C17H18N2O3S2/c1-10-7-11(2)17(12(3)8-10)19-24(20,21)16-6-5-15(23-16)14-9-13(4)18-22-14/h5-9,19H,1-4H3. The van der Waals surface area contributed by atoms with Gasteiger partial charge in [-0.25, -0.2) is 8.42 Å². The van der Waals surface area contributed by atoms with Gasteiger partial charge in [-0.15, -0.1) is 11.3 Å². The molecule has 24 heavy (non-hydrogen) atoms. The number of benzene rings is 1. The van der Waals surface area contributed by atoms with Crippen molar-refractivity contribution in [2.75, 3.05) is 4.72 Å². The van der Waals surface area contributed by atoms with E-state index in [0.717, 1.165) is 38.6 Å². The maximum absolute atomic E-state index is 12.7. The van der Waals surface area contributed by atoms with Gasteiger partial charge < -0.3 is 4.52 Å². The van der Waals surface area contributed by atoms with Gasteiger partial charge in [0.15, 0.2) is 5.76 Å². The molecule has 0 unspecified atom stereocenters. The van der Waals surface area contributed by atoms with Crippen LogP contribution in [-0.2, 0) is 10.0 Å². The molecule has 1 N–H and O–H groups in total. The molecule has 2 aromatic heterocycles. The van der Waals surface area contributed by atoms with Gasteiger partial charge in [0.1, 0.15) is 4.21 Å². The third-order valence-corrected chi connectivity index (χ3v) is 6.57. The molecule has 0 aliphatic carbocycles. The molecular formula is C17H18N2O3S2. The highest BCUT2D eigenvalue weighted by Gasteiger charge is 2.20. The number of thiophene rings is 1. The topological polar surface area (TPSA) is 72.2 Å². The lowest BCUT2D eigenvalue weighted by Crippen LogP contribution is -2.13. The van der Waals surface area contributed by atoms with Gasteiger partial charge in [0, 0.05) is 6.07 Å². The SMILES string of the molecule is Cc1cc(C)c(NS(=O)(=O)c2ccc(-c3cc(C)no3)s2)c(C)c1. The van der Waals surface area contributed by atoms with E-state index in [1.165, 1.54) is 0 Å². The molecule has 1 aromatic carbocycles. The number of sulfonamides is 1. The summed E-state index contributed by atoms with van der Waals surface area (Å²) in [6.45, 7) is 7.61. The van der Waals surface area contributed by atoms with E-state index in [9.17, 15) is 8.42 Å². The van der Waals surface area contributed by atoms with Gasteiger partial charge in [0.05, 0.1) is 16.3 Å². The predicted molar refractivity (Wildman–Crippen MR) is 96.0 cm³/mol. The molecule has 7 heteroatoms. The zero-order chi connectivity index (χ0) is 17.5. The second-order valence-corrected chi connectivity index (χ2v) is 8.82. The van der Waals surface area contributed by atoms with E-state index in [4.69, 9.17) is 4.52 Å². The van der Waals surface area contributed by atoms with Gasteiger partial charge in [0.2, 0.25) is 0 Å². The Morgan fingerprint density at radius 3 is 2.29 bits per heavy atom. The Balaban J connectivity index is 1.93. The average Bonchev–Trinajstić information content (AvgIpc) is 3.11. The van der Waals surface area contributed by atoms with E-state index in [2.05, 4.69) is 9.88 Å². The van der Waals surface area contributed by atoms with Crippen molar-refractivity contribution in [1.29, 1.82) is 0 Å². The molecule has 3 aromatic rings. The Morgan fingerprint density at radius 2 is 1.71 bits per heavy atom. The van der Waals surface area contributed by atoms with Crippen LogP contribution in [0.5, 0.6) is 0 Å². The van der Waals surface area contributed by atoms with E-state index in [0.29, 0.717) is 11.4 Å². The van der Waals surface area contributed by atoms with Crippen molar-refractivity contribution >= 4 is 27.0 Å². The van der Waals surface area contributed by atoms with E-state index in [1.807, 2.05) is 39.8 Å². The van der Waals surface area contributed by atoms with Gasteiger partial charge in [0.25, 0.3) is 10.0 Å². The molecule has 0 aliphatic heterocycles. The fourth-order valence-corrected chi connectivity index (χ4v) is 5.06. The van der Waals surface area contributed by atoms with Gasteiger partial charge in [-0.05, 0) is 51.0 Å². The molecule has 0 spiro atoms. The summed E-state index contributed by atoms with van der Waals surface area (Å²) in [5, 5.41) is 3.83. The van der Waals surface area contributed by atoms with Crippen LogP contribution in [0.15, 0.2) is 39.1 Å². The number of aryl methyl sites for hydroxylation is 4. The lowest BCUT2D eigenvalue weighted by Gasteiger charge is -2.13. The minimum absolute atomic E-state index is 0.242. The van der Waals surface area contributed by atoms with Crippen LogP contribution in [-0.4, -0.2) is 13.6 Å². The second kappa shape index (κ2) is 6.07. The first-order valence-electron chi connectivity index (χ1n) is 7.40. The number of nitrogens with zero attached hydrogens (tertiary/aromatic N) is 1. The molecule has 0 saturated carbocycles. The molecular weight excluding hydrogens is 344 g/mol. The fourth-order valence-electron chi connectivity index (χ4n) is 2.60. The summed E-state index contributed by atoms with van der Waals surface area (Å²) in [4.78, 5) is 0.730. The monoisotopic (exact) mass is 362 g/mol. The van der Waals surface area contributed by atoms with Crippen molar-refractivity contribution in [2.45, 2.75) is 31.9 Å². The summed E-state index contributed by atoms with van der Waals surface area (Å²) >= 11 is 1.16. The van der Waals surface area contributed by atoms with E-state index < -0.39 is 10.0 Å². The number of rotatable bonds is 4. The summed E-state index contributed by atoms with van der Waals surface area (Å²) in [5.41, 5.74) is 4.29. The number of nitrogens with one attached hydrogen (secondary N) is 1. The van der Waals surface area contributed by atoms with Crippen molar-refractivity contribution in [3.8, 4) is 10.6 Å². The Bertz CT molecular complexity index is 978. The number of aromatic nitrogens is 1. The lowest BCUT2D eigenvalue weighted by atomic mass is 10.1. The first-order valence-corrected chi connectivity index (χ1v) is 9.70. The van der Waals surface area contributed by atoms with Crippen molar-refractivity contribution in [3.63, 3.8) is 0 Å². The molecule has 126 valence electrons. The molecule has 0 atom stereocenters. The van der Waals surface area contributed by atoms with Crippen LogP contribution >= 0.6 is 11.3 Å². The highest BCUT2D eigenvalue weighted by molar-refractivity contribution is 7.94. The van der Waals surface area contributed by atoms with Crippen LogP contribution in [0.3, 0.4) is 0 Å². The number of anilines is 1. The summed E-state index contributed by atoms with van der Waals surface area (Å²) in [5.74, 6) is 0.571. The minimum Gasteiger partial charge on any atom is -0.355 e. The zero-order valence-electron chi connectivity index (χ0n) is 13.9. The molecule has 0 radical (unpaired) electrons. The van der Waals surface area contributed by atoms with Crippen LogP contribution in [0, 0.1) is 27.7 Å². The third kappa shape index (κ3) is 3.22. The van der Waals surface area contributed by atoms with Gasteiger partial charge in [-0.3, -0.25) is 4.72 Å². The normalized spacial score (nSPS) is 11.7. The summed E-state index contributed by atoms with van der Waals surface area (Å²) < 4.78 is 33.5. The van der Waals surface area contributed by atoms with Crippen molar-refractivity contribution < 1.29 is 12.9 Å². The maximum Gasteiger partial charge on any atom is 0.271 e. The Hall–Kier alpha value is -2.12. The van der Waals surface area contributed by atoms with Crippen molar-refractivity contribution in [1.82, 2.24) is 5.16 Å².